The molecular weight excluding hydrogens is 258 g/mol. The van der Waals surface area contributed by atoms with Gasteiger partial charge in [0.05, 0.1) is 19.8 Å². The first-order valence-corrected chi connectivity index (χ1v) is 5.85. The Morgan fingerprint density at radius 3 is 2.30 bits per heavy atom. The molecule has 0 aliphatic carbocycles. The number of rotatable bonds is 5. The van der Waals surface area contributed by atoms with Crippen LogP contribution in [-0.2, 0) is 0 Å². The molecule has 2 aromatic rings. The first-order chi connectivity index (χ1) is 9.67. The van der Waals surface area contributed by atoms with Gasteiger partial charge in [0, 0.05) is 6.20 Å². The standard InChI is InChI=1S/C14H15N3O3/c1-18-10-6-3-7-11(19-2)12(10)20-14-9(13(15)16)5-4-8-17-14/h3-8H,1-2H3,(H3,15,16). The van der Waals surface area contributed by atoms with Crippen LogP contribution in [0.25, 0.3) is 0 Å². The Morgan fingerprint density at radius 1 is 1.10 bits per heavy atom. The number of nitrogens with two attached hydrogens (primary N) is 1. The zero-order chi connectivity index (χ0) is 14.5. The van der Waals surface area contributed by atoms with Crippen molar-refractivity contribution in [3.8, 4) is 23.1 Å². The highest BCUT2D eigenvalue weighted by Crippen LogP contribution is 2.39. The van der Waals surface area contributed by atoms with Gasteiger partial charge in [-0.2, -0.15) is 0 Å². The lowest BCUT2D eigenvalue weighted by Crippen LogP contribution is -2.13. The summed E-state index contributed by atoms with van der Waals surface area (Å²) in [6.45, 7) is 0. The number of hydrogen-bond acceptors (Lipinski definition) is 5. The fourth-order valence-corrected chi connectivity index (χ4v) is 1.69. The maximum absolute atomic E-state index is 7.53. The zero-order valence-corrected chi connectivity index (χ0v) is 11.2. The van der Waals surface area contributed by atoms with Gasteiger partial charge in [0.2, 0.25) is 11.6 Å². The van der Waals surface area contributed by atoms with E-state index in [9.17, 15) is 0 Å². The average molecular weight is 273 g/mol. The number of methoxy groups -OCH3 is 2. The quantitative estimate of drug-likeness (QED) is 0.643. The maximum Gasteiger partial charge on any atom is 0.230 e. The normalized spacial score (nSPS) is 9.90. The van der Waals surface area contributed by atoms with Gasteiger partial charge in [0.25, 0.3) is 0 Å². The van der Waals surface area contributed by atoms with Crippen molar-refractivity contribution in [3.05, 3.63) is 42.1 Å². The molecule has 1 aromatic carbocycles. The number of nitrogens with one attached hydrogen (secondary N) is 1. The third-order valence-electron chi connectivity index (χ3n) is 2.64. The van der Waals surface area contributed by atoms with E-state index in [-0.39, 0.29) is 11.7 Å². The third kappa shape index (κ3) is 2.64. The molecule has 0 saturated carbocycles. The van der Waals surface area contributed by atoms with Crippen LogP contribution in [-0.4, -0.2) is 25.0 Å². The highest BCUT2D eigenvalue weighted by atomic mass is 16.5. The number of ether oxygens (including phenoxy) is 3. The summed E-state index contributed by atoms with van der Waals surface area (Å²) in [7, 11) is 3.07. The molecular formula is C14H15N3O3. The van der Waals surface area contributed by atoms with Gasteiger partial charge in [-0.15, -0.1) is 0 Å². The lowest BCUT2D eigenvalue weighted by atomic mass is 10.2. The van der Waals surface area contributed by atoms with E-state index in [0.717, 1.165) is 0 Å². The molecule has 20 heavy (non-hydrogen) atoms. The maximum atomic E-state index is 7.53. The van der Waals surface area contributed by atoms with E-state index in [2.05, 4.69) is 4.98 Å². The molecule has 1 aromatic heterocycles. The molecule has 0 fully saturated rings. The van der Waals surface area contributed by atoms with E-state index in [4.69, 9.17) is 25.4 Å². The molecule has 0 amide bonds. The summed E-state index contributed by atoms with van der Waals surface area (Å²) in [6, 6.07) is 8.62. The summed E-state index contributed by atoms with van der Waals surface area (Å²) in [4.78, 5) is 4.09. The second kappa shape index (κ2) is 5.92. The van der Waals surface area contributed by atoms with Crippen molar-refractivity contribution in [2.45, 2.75) is 0 Å². The molecule has 0 bridgehead atoms. The monoisotopic (exact) mass is 273 g/mol. The lowest BCUT2D eigenvalue weighted by Gasteiger charge is -2.14. The Labute approximate surface area is 116 Å². The van der Waals surface area contributed by atoms with Crippen LogP contribution in [0.5, 0.6) is 23.1 Å². The zero-order valence-electron chi connectivity index (χ0n) is 11.2. The summed E-state index contributed by atoms with van der Waals surface area (Å²) in [5, 5.41) is 7.53. The Morgan fingerprint density at radius 2 is 1.75 bits per heavy atom. The number of para-hydroxylation sites is 1. The van der Waals surface area contributed by atoms with Crippen LogP contribution in [0.15, 0.2) is 36.5 Å². The fourth-order valence-electron chi connectivity index (χ4n) is 1.69. The Balaban J connectivity index is 2.47. The molecule has 6 nitrogen and oxygen atoms in total. The highest BCUT2D eigenvalue weighted by molar-refractivity contribution is 5.97. The smallest absolute Gasteiger partial charge is 0.230 e. The van der Waals surface area contributed by atoms with Crippen LogP contribution in [0.4, 0.5) is 0 Å². The number of aromatic nitrogens is 1. The Hall–Kier alpha value is -2.76. The molecule has 0 unspecified atom stereocenters. The van der Waals surface area contributed by atoms with Gasteiger partial charge in [-0.1, -0.05) is 6.07 Å². The van der Waals surface area contributed by atoms with Gasteiger partial charge < -0.3 is 19.9 Å². The van der Waals surface area contributed by atoms with Crippen molar-refractivity contribution in [1.82, 2.24) is 4.98 Å². The number of benzene rings is 1. The van der Waals surface area contributed by atoms with Gasteiger partial charge in [-0.25, -0.2) is 4.98 Å². The first kappa shape index (κ1) is 13.7. The molecule has 0 aliphatic heterocycles. The van der Waals surface area contributed by atoms with Gasteiger partial charge in [0.1, 0.15) is 5.84 Å². The number of nitrogen functional groups attached to an aromatic ring is 1. The van der Waals surface area contributed by atoms with Gasteiger partial charge >= 0.3 is 0 Å². The van der Waals surface area contributed by atoms with E-state index in [1.54, 1.807) is 36.5 Å². The predicted molar refractivity (Wildman–Crippen MR) is 74.9 cm³/mol. The van der Waals surface area contributed by atoms with Crippen LogP contribution in [0.3, 0.4) is 0 Å². The minimum atomic E-state index is -0.123. The van der Waals surface area contributed by atoms with E-state index in [1.165, 1.54) is 14.2 Å². The summed E-state index contributed by atoms with van der Waals surface area (Å²) >= 11 is 0. The van der Waals surface area contributed by atoms with Gasteiger partial charge in [0.15, 0.2) is 11.5 Å². The fraction of sp³-hybridized carbons (Fsp3) is 0.143. The molecule has 1 heterocycles. The third-order valence-corrected chi connectivity index (χ3v) is 2.64. The lowest BCUT2D eigenvalue weighted by molar-refractivity contribution is 0.341. The number of hydrogen-bond donors (Lipinski definition) is 2. The second-order valence-electron chi connectivity index (χ2n) is 3.86. The van der Waals surface area contributed by atoms with Crippen molar-refractivity contribution >= 4 is 5.84 Å². The van der Waals surface area contributed by atoms with Crippen LogP contribution >= 0.6 is 0 Å². The minimum absolute atomic E-state index is 0.123. The summed E-state index contributed by atoms with van der Waals surface area (Å²) in [5.74, 6) is 1.50. The van der Waals surface area contributed by atoms with Crippen LogP contribution in [0, 0.1) is 5.41 Å². The highest BCUT2D eigenvalue weighted by Gasteiger charge is 2.16. The molecule has 3 N–H and O–H groups in total. The van der Waals surface area contributed by atoms with E-state index in [1.807, 2.05) is 0 Å². The van der Waals surface area contributed by atoms with E-state index < -0.39 is 0 Å². The van der Waals surface area contributed by atoms with Crippen molar-refractivity contribution < 1.29 is 14.2 Å². The molecule has 0 spiro atoms. The van der Waals surface area contributed by atoms with Gasteiger partial charge in [-0.3, -0.25) is 5.41 Å². The van der Waals surface area contributed by atoms with Crippen LogP contribution in [0.1, 0.15) is 5.56 Å². The summed E-state index contributed by atoms with van der Waals surface area (Å²) in [6.07, 6.45) is 1.56. The molecule has 104 valence electrons. The summed E-state index contributed by atoms with van der Waals surface area (Å²) < 4.78 is 16.2. The van der Waals surface area contributed by atoms with Crippen LogP contribution < -0.4 is 19.9 Å². The van der Waals surface area contributed by atoms with Crippen molar-refractivity contribution in [3.63, 3.8) is 0 Å². The number of nitrogens with zero attached hydrogens (tertiary/aromatic N) is 1. The number of amidine groups is 1. The Bertz CT molecular complexity index is 607. The minimum Gasteiger partial charge on any atom is -0.493 e. The van der Waals surface area contributed by atoms with E-state index >= 15 is 0 Å². The van der Waals surface area contributed by atoms with Crippen molar-refractivity contribution in [2.24, 2.45) is 5.73 Å². The largest absolute Gasteiger partial charge is 0.493 e. The molecule has 6 heteroatoms. The SMILES string of the molecule is COc1cccc(OC)c1Oc1ncccc1C(=N)N. The topological polar surface area (TPSA) is 90.5 Å². The predicted octanol–water partition coefficient (Wildman–Crippen LogP) is 2.18. The molecule has 0 aliphatic rings. The van der Waals surface area contributed by atoms with Crippen molar-refractivity contribution in [1.29, 1.82) is 5.41 Å². The second-order valence-corrected chi connectivity index (χ2v) is 3.86. The van der Waals surface area contributed by atoms with E-state index in [0.29, 0.717) is 22.8 Å². The molecule has 2 rings (SSSR count). The average Bonchev–Trinajstić information content (AvgIpc) is 2.47. The van der Waals surface area contributed by atoms with Gasteiger partial charge in [-0.05, 0) is 24.3 Å². The van der Waals surface area contributed by atoms with Crippen molar-refractivity contribution in [2.75, 3.05) is 14.2 Å². The van der Waals surface area contributed by atoms with Crippen LogP contribution in [0.2, 0.25) is 0 Å². The Kier molecular flexibility index (Phi) is 4.05. The molecule has 0 radical (unpaired) electrons. The molecule has 0 atom stereocenters. The first-order valence-electron chi connectivity index (χ1n) is 5.85. The summed E-state index contributed by atoms with van der Waals surface area (Å²) in [5.41, 5.74) is 5.91. The number of pyridine rings is 1. The molecule has 0 saturated heterocycles.